The highest BCUT2D eigenvalue weighted by Gasteiger charge is 2.27. The Morgan fingerprint density at radius 3 is 2.90 bits per heavy atom. The summed E-state index contributed by atoms with van der Waals surface area (Å²) in [5.74, 6) is 1.04. The van der Waals surface area contributed by atoms with E-state index in [1.54, 1.807) is 0 Å². The van der Waals surface area contributed by atoms with Crippen LogP contribution in [0.25, 0.3) is 11.0 Å². The van der Waals surface area contributed by atoms with E-state index in [-0.39, 0.29) is 17.0 Å². The number of benzene rings is 1. The fourth-order valence-electron chi connectivity index (χ4n) is 4.38. The van der Waals surface area contributed by atoms with Crippen LogP contribution in [0.1, 0.15) is 59.9 Å². The van der Waals surface area contributed by atoms with Crippen molar-refractivity contribution in [3.05, 3.63) is 58.7 Å². The molecule has 5 nitrogen and oxygen atoms in total. The highest BCUT2D eigenvalue weighted by Crippen LogP contribution is 2.34. The summed E-state index contributed by atoms with van der Waals surface area (Å²) in [5.41, 5.74) is 13.2. The molecule has 1 aromatic carbocycles. The molecular formula is C23H32BrN5. The van der Waals surface area contributed by atoms with Crippen molar-refractivity contribution in [3.8, 4) is 0 Å². The maximum Gasteiger partial charge on any atom is 0.121 e. The zero-order valence-electron chi connectivity index (χ0n) is 17.4. The summed E-state index contributed by atoms with van der Waals surface area (Å²) in [6.45, 7) is 6.89. The molecule has 0 radical (unpaired) electrons. The Hall–Kier alpha value is -1.76. The first-order chi connectivity index (χ1) is 13.7. The number of aryl methyl sites for hydroxylation is 3. The molecule has 1 unspecified atom stereocenters. The van der Waals surface area contributed by atoms with Gasteiger partial charge in [-0.3, -0.25) is 9.88 Å². The number of fused-ring (bicyclic) bond motifs is 2. The lowest BCUT2D eigenvalue weighted by Gasteiger charge is -2.34. The molecule has 3 N–H and O–H groups in total. The molecule has 0 bridgehead atoms. The number of halogens is 1. The average Bonchev–Trinajstić information content (AvgIpc) is 3.13. The highest BCUT2D eigenvalue weighted by molar-refractivity contribution is 8.93. The van der Waals surface area contributed by atoms with Crippen molar-refractivity contribution >= 4 is 28.0 Å². The summed E-state index contributed by atoms with van der Waals surface area (Å²) in [4.78, 5) is 15.8. The lowest BCUT2D eigenvalue weighted by atomic mass is 9.90. The number of hydrogen-bond acceptors (Lipinski definition) is 4. The number of imidazole rings is 1. The first-order valence-corrected chi connectivity index (χ1v) is 10.5. The SMILES string of the molecule is Br.Cc1ccc2[nH]c(CN(CCCCN)C3CCCc4cccnc43)nc2c1C. The predicted octanol–water partition coefficient (Wildman–Crippen LogP) is 4.77. The van der Waals surface area contributed by atoms with Crippen molar-refractivity contribution in [1.82, 2.24) is 19.9 Å². The second-order valence-corrected chi connectivity index (χ2v) is 8.01. The number of rotatable bonds is 7. The third kappa shape index (κ3) is 4.71. The maximum absolute atomic E-state index is 5.75. The number of unbranched alkanes of at least 4 members (excludes halogenated alkanes) is 1. The van der Waals surface area contributed by atoms with Gasteiger partial charge in [0.15, 0.2) is 0 Å². The molecule has 156 valence electrons. The smallest absolute Gasteiger partial charge is 0.121 e. The van der Waals surface area contributed by atoms with Gasteiger partial charge in [-0.2, -0.15) is 0 Å². The second kappa shape index (κ2) is 9.83. The van der Waals surface area contributed by atoms with Gasteiger partial charge in [-0.25, -0.2) is 4.98 Å². The zero-order valence-corrected chi connectivity index (χ0v) is 19.2. The quantitative estimate of drug-likeness (QED) is 0.501. The number of aromatic nitrogens is 3. The van der Waals surface area contributed by atoms with Gasteiger partial charge in [0, 0.05) is 6.20 Å². The van der Waals surface area contributed by atoms with Gasteiger partial charge in [0.1, 0.15) is 5.82 Å². The van der Waals surface area contributed by atoms with Crippen LogP contribution in [0.3, 0.4) is 0 Å². The van der Waals surface area contributed by atoms with Crippen molar-refractivity contribution in [2.24, 2.45) is 5.73 Å². The van der Waals surface area contributed by atoms with Gasteiger partial charge >= 0.3 is 0 Å². The highest BCUT2D eigenvalue weighted by atomic mass is 79.9. The molecular weight excluding hydrogens is 426 g/mol. The van der Waals surface area contributed by atoms with Gasteiger partial charge in [-0.15, -0.1) is 17.0 Å². The van der Waals surface area contributed by atoms with Crippen LogP contribution in [0.4, 0.5) is 0 Å². The summed E-state index contributed by atoms with van der Waals surface area (Å²) >= 11 is 0. The lowest BCUT2D eigenvalue weighted by molar-refractivity contribution is 0.159. The Labute approximate surface area is 183 Å². The molecule has 0 amide bonds. The van der Waals surface area contributed by atoms with Crippen LogP contribution in [-0.2, 0) is 13.0 Å². The fraction of sp³-hybridized carbons (Fsp3) is 0.478. The van der Waals surface area contributed by atoms with Gasteiger partial charge < -0.3 is 10.7 Å². The van der Waals surface area contributed by atoms with Crippen molar-refractivity contribution in [3.63, 3.8) is 0 Å². The Morgan fingerprint density at radius 1 is 1.21 bits per heavy atom. The summed E-state index contributed by atoms with van der Waals surface area (Å²) in [7, 11) is 0. The van der Waals surface area contributed by atoms with Crippen LogP contribution >= 0.6 is 17.0 Å². The average molecular weight is 458 g/mol. The van der Waals surface area contributed by atoms with Gasteiger partial charge in [0.25, 0.3) is 0 Å². The number of hydrogen-bond donors (Lipinski definition) is 2. The molecule has 1 aliphatic rings. The van der Waals surface area contributed by atoms with Crippen molar-refractivity contribution < 1.29 is 0 Å². The van der Waals surface area contributed by atoms with E-state index in [0.717, 1.165) is 62.2 Å². The minimum absolute atomic E-state index is 0. The second-order valence-electron chi connectivity index (χ2n) is 8.01. The topological polar surface area (TPSA) is 70.8 Å². The summed E-state index contributed by atoms with van der Waals surface area (Å²) in [6.07, 6.45) is 7.60. The molecule has 29 heavy (non-hydrogen) atoms. The Balaban J connectivity index is 0.00000240. The predicted molar refractivity (Wildman–Crippen MR) is 125 cm³/mol. The maximum atomic E-state index is 5.75. The normalized spacial score (nSPS) is 16.1. The minimum Gasteiger partial charge on any atom is -0.341 e. The van der Waals surface area contributed by atoms with Crippen molar-refractivity contribution in [1.29, 1.82) is 0 Å². The number of nitrogens with zero attached hydrogens (tertiary/aromatic N) is 3. The molecule has 2 heterocycles. The summed E-state index contributed by atoms with van der Waals surface area (Å²) in [5, 5.41) is 0. The van der Waals surface area contributed by atoms with Crippen molar-refractivity contribution in [2.45, 2.75) is 58.5 Å². The Morgan fingerprint density at radius 2 is 2.07 bits per heavy atom. The van der Waals surface area contributed by atoms with Crippen LogP contribution in [0.15, 0.2) is 30.5 Å². The van der Waals surface area contributed by atoms with E-state index in [1.807, 2.05) is 6.20 Å². The van der Waals surface area contributed by atoms with Gasteiger partial charge in [0.05, 0.1) is 29.3 Å². The van der Waals surface area contributed by atoms with E-state index in [4.69, 9.17) is 15.7 Å². The van der Waals surface area contributed by atoms with Crippen LogP contribution in [0.5, 0.6) is 0 Å². The van der Waals surface area contributed by atoms with Gasteiger partial charge in [-0.05, 0) is 87.9 Å². The molecule has 4 rings (SSSR count). The lowest BCUT2D eigenvalue weighted by Crippen LogP contribution is -2.33. The number of nitrogens with one attached hydrogen (secondary N) is 1. The molecule has 0 saturated heterocycles. The van der Waals surface area contributed by atoms with E-state index in [9.17, 15) is 0 Å². The molecule has 0 aliphatic heterocycles. The summed E-state index contributed by atoms with van der Waals surface area (Å²) in [6, 6.07) is 8.97. The van der Waals surface area contributed by atoms with Crippen molar-refractivity contribution in [2.75, 3.05) is 13.1 Å². The van der Waals surface area contributed by atoms with E-state index in [1.165, 1.54) is 28.8 Å². The monoisotopic (exact) mass is 457 g/mol. The third-order valence-electron chi connectivity index (χ3n) is 6.09. The first-order valence-electron chi connectivity index (χ1n) is 10.5. The zero-order chi connectivity index (χ0) is 19.5. The molecule has 3 aromatic rings. The van der Waals surface area contributed by atoms with Gasteiger partial charge in [-0.1, -0.05) is 12.1 Å². The molecule has 1 aliphatic carbocycles. The fourth-order valence-corrected chi connectivity index (χ4v) is 4.38. The van der Waals surface area contributed by atoms with Crippen LogP contribution in [-0.4, -0.2) is 32.9 Å². The largest absolute Gasteiger partial charge is 0.341 e. The van der Waals surface area contributed by atoms with Crippen LogP contribution in [0.2, 0.25) is 0 Å². The molecule has 2 aromatic heterocycles. The van der Waals surface area contributed by atoms with E-state index in [2.05, 4.69) is 48.0 Å². The third-order valence-corrected chi connectivity index (χ3v) is 6.09. The first kappa shape index (κ1) is 21.9. The standard InChI is InChI=1S/C23H31N5.BrH/c1-16-10-11-19-22(17(16)2)27-21(26-19)15-28(14-4-3-12-24)20-9-5-7-18-8-6-13-25-23(18)20;/h6,8,10-11,13,20H,3-5,7,9,12,14-15,24H2,1-2H3,(H,26,27);1H. The van der Waals surface area contributed by atoms with E-state index < -0.39 is 0 Å². The summed E-state index contributed by atoms with van der Waals surface area (Å²) < 4.78 is 0. The molecule has 0 spiro atoms. The molecule has 6 heteroatoms. The van der Waals surface area contributed by atoms with Gasteiger partial charge in [0.2, 0.25) is 0 Å². The number of pyridine rings is 1. The number of aromatic amines is 1. The van der Waals surface area contributed by atoms with E-state index in [0.29, 0.717) is 6.04 Å². The number of H-pyrrole nitrogens is 1. The molecule has 0 saturated carbocycles. The molecule has 1 atom stereocenters. The number of nitrogens with two attached hydrogens (primary N) is 1. The Kier molecular flexibility index (Phi) is 7.44. The van der Waals surface area contributed by atoms with Crippen LogP contribution < -0.4 is 5.73 Å². The van der Waals surface area contributed by atoms with E-state index >= 15 is 0 Å². The molecule has 0 fully saturated rings. The Bertz CT molecular complexity index is 952. The van der Waals surface area contributed by atoms with Crippen LogP contribution in [0, 0.1) is 13.8 Å². The minimum atomic E-state index is 0.